The molecule has 15 heteroatoms. The molecule has 4 rings (SSSR count). The average molecular weight is 711 g/mol. The summed E-state index contributed by atoms with van der Waals surface area (Å²) in [5.41, 5.74) is -0.0298. The predicted molar refractivity (Wildman–Crippen MR) is 182 cm³/mol. The molecule has 4 aromatic rings. The zero-order valence-corrected chi connectivity index (χ0v) is 28.2. The van der Waals surface area contributed by atoms with Gasteiger partial charge >= 0.3 is 12.4 Å². The summed E-state index contributed by atoms with van der Waals surface area (Å²) in [5, 5.41) is 34.7. The Labute approximate surface area is 287 Å². The third-order valence-corrected chi connectivity index (χ3v) is 8.16. The van der Waals surface area contributed by atoms with E-state index in [-0.39, 0.29) is 24.1 Å². The molecule has 0 saturated carbocycles. The highest BCUT2D eigenvalue weighted by Gasteiger charge is 2.32. The van der Waals surface area contributed by atoms with E-state index < -0.39 is 41.8 Å². The molecular weight excluding hydrogens is 666 g/mol. The number of halogens is 6. The van der Waals surface area contributed by atoms with Crippen molar-refractivity contribution in [3.63, 3.8) is 0 Å². The van der Waals surface area contributed by atoms with Crippen LogP contribution in [0.4, 0.5) is 37.7 Å². The Balaban J connectivity index is 1.59. The Morgan fingerprint density at radius 2 is 1.06 bits per heavy atom. The standard InChI is InChI=1S/C35H44F6N6O3/c1-23(48)20-42-12-13-45(14-16-46(21-24(2)49)32-8-10-43-30-18-26(34(36,37)38)4-6-28(30)32)15-17-47(22-25(3)50)33-9-11-44-31-19-27(35(39,40)41)5-7-29(31)33/h4-11,18-19,23-25,42,48-50H,12-17,20-22H2,1-3H3. The summed E-state index contributed by atoms with van der Waals surface area (Å²) in [6.07, 6.45) is -8.23. The van der Waals surface area contributed by atoms with Crippen LogP contribution in [0.5, 0.6) is 0 Å². The van der Waals surface area contributed by atoms with Crippen LogP contribution in [0, 0.1) is 0 Å². The number of fused-ring (bicyclic) bond motifs is 2. The van der Waals surface area contributed by atoms with Crippen molar-refractivity contribution in [1.82, 2.24) is 20.2 Å². The van der Waals surface area contributed by atoms with Crippen molar-refractivity contribution in [2.75, 3.05) is 68.7 Å². The summed E-state index contributed by atoms with van der Waals surface area (Å²) >= 11 is 0. The molecule has 4 N–H and O–H groups in total. The van der Waals surface area contributed by atoms with Crippen molar-refractivity contribution in [1.29, 1.82) is 0 Å². The van der Waals surface area contributed by atoms with Crippen LogP contribution in [0.15, 0.2) is 60.9 Å². The van der Waals surface area contributed by atoms with Crippen LogP contribution in [0.2, 0.25) is 0 Å². The number of hydrogen-bond donors (Lipinski definition) is 4. The van der Waals surface area contributed by atoms with E-state index in [1.54, 1.807) is 32.9 Å². The monoisotopic (exact) mass is 710 g/mol. The second-order valence-electron chi connectivity index (χ2n) is 12.6. The number of pyridine rings is 2. The molecule has 3 atom stereocenters. The molecule has 0 aliphatic carbocycles. The van der Waals surface area contributed by atoms with Gasteiger partial charge in [0.2, 0.25) is 0 Å². The molecule has 50 heavy (non-hydrogen) atoms. The number of alkyl halides is 6. The summed E-state index contributed by atoms with van der Waals surface area (Å²) in [4.78, 5) is 14.3. The van der Waals surface area contributed by atoms with Gasteiger partial charge in [-0.05, 0) is 57.2 Å². The number of anilines is 2. The van der Waals surface area contributed by atoms with Gasteiger partial charge in [0.25, 0.3) is 0 Å². The topological polar surface area (TPSA) is 108 Å². The molecule has 0 spiro atoms. The highest BCUT2D eigenvalue weighted by Crippen LogP contribution is 2.35. The minimum absolute atomic E-state index is 0.174. The molecule has 2 aromatic heterocycles. The number of nitrogens with zero attached hydrogens (tertiary/aromatic N) is 5. The first-order chi connectivity index (χ1) is 23.5. The maximum atomic E-state index is 13.4. The van der Waals surface area contributed by atoms with Crippen LogP contribution >= 0.6 is 0 Å². The van der Waals surface area contributed by atoms with Crippen molar-refractivity contribution in [2.24, 2.45) is 0 Å². The number of aliphatic hydroxyl groups is 3. The first kappa shape index (κ1) is 39.0. The Hall–Kier alpha value is -3.76. The largest absolute Gasteiger partial charge is 0.416 e. The van der Waals surface area contributed by atoms with Gasteiger partial charge in [-0.2, -0.15) is 26.3 Å². The third kappa shape index (κ3) is 10.9. The SMILES string of the molecule is CC(O)CNCCN(CCN(CC(C)O)c1ccnc2cc(C(F)(F)F)ccc12)CCN(CC(C)O)c1ccnc2cc(C(F)(F)F)ccc12. The maximum Gasteiger partial charge on any atom is 0.416 e. The molecule has 0 amide bonds. The minimum atomic E-state index is -4.52. The third-order valence-electron chi connectivity index (χ3n) is 8.16. The molecule has 0 aliphatic heterocycles. The van der Waals surface area contributed by atoms with Crippen LogP contribution < -0.4 is 15.1 Å². The molecule has 3 unspecified atom stereocenters. The Morgan fingerprint density at radius 3 is 1.44 bits per heavy atom. The molecule has 9 nitrogen and oxygen atoms in total. The second kappa shape index (κ2) is 17.0. The molecular formula is C35H44F6N6O3. The summed E-state index contributed by atoms with van der Waals surface area (Å²) in [7, 11) is 0. The fraction of sp³-hybridized carbons (Fsp3) is 0.486. The Bertz CT molecular complexity index is 1570. The van der Waals surface area contributed by atoms with E-state index in [0.29, 0.717) is 68.0 Å². The Kier molecular flexibility index (Phi) is 13.2. The van der Waals surface area contributed by atoms with Gasteiger partial charge in [0.1, 0.15) is 0 Å². The van der Waals surface area contributed by atoms with Gasteiger partial charge < -0.3 is 30.4 Å². The number of aliphatic hydroxyl groups excluding tert-OH is 3. The van der Waals surface area contributed by atoms with E-state index in [1.165, 1.54) is 24.5 Å². The van der Waals surface area contributed by atoms with Crippen molar-refractivity contribution < 1.29 is 41.7 Å². The normalized spacial score (nSPS) is 14.3. The second-order valence-corrected chi connectivity index (χ2v) is 12.6. The van der Waals surface area contributed by atoms with E-state index in [9.17, 15) is 41.7 Å². The number of nitrogens with one attached hydrogen (secondary N) is 1. The van der Waals surface area contributed by atoms with Gasteiger partial charge in [-0.25, -0.2) is 0 Å². The van der Waals surface area contributed by atoms with Crippen LogP contribution in [-0.4, -0.2) is 107 Å². The van der Waals surface area contributed by atoms with E-state index in [0.717, 1.165) is 24.3 Å². The van der Waals surface area contributed by atoms with Gasteiger partial charge in [0.15, 0.2) is 0 Å². The van der Waals surface area contributed by atoms with Gasteiger partial charge in [0.05, 0.1) is 40.5 Å². The van der Waals surface area contributed by atoms with Crippen molar-refractivity contribution >= 4 is 33.2 Å². The highest BCUT2D eigenvalue weighted by molar-refractivity contribution is 5.93. The van der Waals surface area contributed by atoms with Gasteiger partial charge in [-0.15, -0.1) is 0 Å². The fourth-order valence-electron chi connectivity index (χ4n) is 5.84. The first-order valence-corrected chi connectivity index (χ1v) is 16.4. The summed E-state index contributed by atoms with van der Waals surface area (Å²) in [5.74, 6) is 0. The number of aromatic nitrogens is 2. The van der Waals surface area contributed by atoms with Crippen molar-refractivity contribution in [3.05, 3.63) is 72.1 Å². The lowest BCUT2D eigenvalue weighted by Crippen LogP contribution is -2.45. The van der Waals surface area contributed by atoms with Crippen LogP contribution in [0.3, 0.4) is 0 Å². The molecule has 0 radical (unpaired) electrons. The molecule has 2 aromatic carbocycles. The molecule has 274 valence electrons. The molecule has 0 aliphatic rings. The van der Waals surface area contributed by atoms with Gasteiger partial charge in [-0.3, -0.25) is 14.9 Å². The fourth-order valence-corrected chi connectivity index (χ4v) is 5.84. The summed E-state index contributed by atoms with van der Waals surface area (Å²) in [6, 6.07) is 10.2. The van der Waals surface area contributed by atoms with Crippen molar-refractivity contribution in [3.8, 4) is 0 Å². The molecule has 0 saturated heterocycles. The van der Waals surface area contributed by atoms with E-state index >= 15 is 0 Å². The molecule has 2 heterocycles. The predicted octanol–water partition coefficient (Wildman–Crippen LogP) is 5.17. The quantitative estimate of drug-likeness (QED) is 0.0873. The van der Waals surface area contributed by atoms with E-state index in [4.69, 9.17) is 0 Å². The number of rotatable bonds is 17. The van der Waals surface area contributed by atoms with E-state index in [2.05, 4.69) is 20.2 Å². The van der Waals surface area contributed by atoms with Crippen LogP contribution in [-0.2, 0) is 12.4 Å². The maximum absolute atomic E-state index is 13.4. The lowest BCUT2D eigenvalue weighted by Gasteiger charge is -2.33. The first-order valence-electron chi connectivity index (χ1n) is 16.4. The average Bonchev–Trinajstić information content (AvgIpc) is 3.03. The molecule has 0 bridgehead atoms. The summed E-state index contributed by atoms with van der Waals surface area (Å²) < 4.78 is 80.5. The van der Waals surface area contributed by atoms with Gasteiger partial charge in [0, 0.05) is 93.4 Å². The van der Waals surface area contributed by atoms with Crippen LogP contribution in [0.25, 0.3) is 21.8 Å². The van der Waals surface area contributed by atoms with Crippen molar-refractivity contribution in [2.45, 2.75) is 51.4 Å². The Morgan fingerprint density at radius 1 is 0.620 bits per heavy atom. The zero-order valence-electron chi connectivity index (χ0n) is 28.2. The smallest absolute Gasteiger partial charge is 0.392 e. The van der Waals surface area contributed by atoms with Gasteiger partial charge in [-0.1, -0.05) is 12.1 Å². The lowest BCUT2D eigenvalue weighted by atomic mass is 10.1. The minimum Gasteiger partial charge on any atom is -0.392 e. The van der Waals surface area contributed by atoms with Crippen LogP contribution in [0.1, 0.15) is 31.9 Å². The summed E-state index contributed by atoms with van der Waals surface area (Å²) in [6.45, 7) is 8.45. The lowest BCUT2D eigenvalue weighted by molar-refractivity contribution is -0.138. The number of hydrogen-bond acceptors (Lipinski definition) is 9. The number of benzene rings is 2. The zero-order chi connectivity index (χ0) is 36.6. The van der Waals surface area contributed by atoms with E-state index in [1.807, 2.05) is 9.80 Å². The molecule has 0 fully saturated rings. The highest BCUT2D eigenvalue weighted by atomic mass is 19.4.